The van der Waals surface area contributed by atoms with Crippen LogP contribution in [0.25, 0.3) is 0 Å². The SMILES string of the molecule is CN=C(NCCCCn1ccccc1=O)N(C)Cc1ccc(Cl)cc1. The Balaban J connectivity index is 1.73. The molecule has 0 aliphatic heterocycles. The van der Waals surface area contributed by atoms with Gasteiger partial charge < -0.3 is 14.8 Å². The molecule has 0 unspecified atom stereocenters. The summed E-state index contributed by atoms with van der Waals surface area (Å²) in [4.78, 5) is 18.0. The minimum absolute atomic E-state index is 0.0500. The number of rotatable bonds is 7. The standard InChI is InChI=1S/C19H25ClN4O/c1-21-19(23(2)15-16-8-10-17(20)11-9-16)22-12-4-6-14-24-13-5-3-7-18(24)25/h3,5,7-11,13H,4,6,12,14-15H2,1-2H3,(H,21,22). The predicted octanol–water partition coefficient (Wildman–Crippen LogP) is 2.99. The molecule has 134 valence electrons. The van der Waals surface area contributed by atoms with Crippen molar-refractivity contribution in [3.05, 3.63) is 69.6 Å². The first-order valence-electron chi connectivity index (χ1n) is 8.42. The molecular weight excluding hydrogens is 336 g/mol. The summed E-state index contributed by atoms with van der Waals surface area (Å²) < 4.78 is 1.74. The van der Waals surface area contributed by atoms with Crippen LogP contribution in [0.15, 0.2) is 58.4 Å². The summed E-state index contributed by atoms with van der Waals surface area (Å²) in [6.45, 7) is 2.32. The molecule has 1 heterocycles. The number of halogens is 1. The molecule has 0 bridgehead atoms. The molecule has 0 saturated carbocycles. The average molecular weight is 361 g/mol. The van der Waals surface area contributed by atoms with Crippen LogP contribution in [0.3, 0.4) is 0 Å². The van der Waals surface area contributed by atoms with E-state index in [-0.39, 0.29) is 5.56 Å². The molecule has 0 radical (unpaired) electrons. The quantitative estimate of drug-likeness (QED) is 0.469. The lowest BCUT2D eigenvalue weighted by atomic mass is 10.2. The smallest absolute Gasteiger partial charge is 0.250 e. The number of aromatic nitrogens is 1. The van der Waals surface area contributed by atoms with Crippen LogP contribution in [0.5, 0.6) is 0 Å². The third kappa shape index (κ3) is 6.27. The molecule has 0 atom stereocenters. The molecule has 0 fully saturated rings. The minimum Gasteiger partial charge on any atom is -0.356 e. The fraction of sp³-hybridized carbons (Fsp3) is 0.368. The number of hydrogen-bond acceptors (Lipinski definition) is 2. The number of benzene rings is 1. The van der Waals surface area contributed by atoms with Crippen LogP contribution in [0, 0.1) is 0 Å². The molecule has 1 aromatic heterocycles. The Morgan fingerprint density at radius 3 is 2.64 bits per heavy atom. The van der Waals surface area contributed by atoms with Gasteiger partial charge in [-0.2, -0.15) is 0 Å². The Kier molecular flexibility index (Phi) is 7.54. The number of aliphatic imine (C=N–C) groups is 1. The first-order chi connectivity index (χ1) is 12.1. The van der Waals surface area contributed by atoms with Crippen molar-refractivity contribution in [2.24, 2.45) is 4.99 Å². The van der Waals surface area contributed by atoms with E-state index in [2.05, 4.69) is 15.2 Å². The second-order valence-corrected chi connectivity index (χ2v) is 6.33. The molecule has 25 heavy (non-hydrogen) atoms. The van der Waals surface area contributed by atoms with Crippen molar-refractivity contribution in [1.82, 2.24) is 14.8 Å². The molecule has 0 aliphatic carbocycles. The van der Waals surface area contributed by atoms with Crippen LogP contribution in [-0.2, 0) is 13.1 Å². The Morgan fingerprint density at radius 2 is 1.96 bits per heavy atom. The molecule has 1 N–H and O–H groups in total. The van der Waals surface area contributed by atoms with E-state index in [9.17, 15) is 4.79 Å². The van der Waals surface area contributed by atoms with E-state index >= 15 is 0 Å². The highest BCUT2D eigenvalue weighted by Gasteiger charge is 2.06. The predicted molar refractivity (Wildman–Crippen MR) is 104 cm³/mol. The number of nitrogens with one attached hydrogen (secondary N) is 1. The van der Waals surface area contributed by atoms with Crippen LogP contribution < -0.4 is 10.9 Å². The number of nitrogens with zero attached hydrogens (tertiary/aromatic N) is 3. The van der Waals surface area contributed by atoms with Crippen molar-refractivity contribution in [3.63, 3.8) is 0 Å². The highest BCUT2D eigenvalue weighted by molar-refractivity contribution is 6.30. The number of aryl methyl sites for hydroxylation is 1. The zero-order chi connectivity index (χ0) is 18.1. The fourth-order valence-electron chi connectivity index (χ4n) is 2.58. The molecule has 0 spiro atoms. The molecule has 0 saturated heterocycles. The van der Waals surface area contributed by atoms with Gasteiger partial charge in [-0.1, -0.05) is 29.8 Å². The van der Waals surface area contributed by atoms with Crippen LogP contribution >= 0.6 is 11.6 Å². The van der Waals surface area contributed by atoms with Crippen molar-refractivity contribution in [2.75, 3.05) is 20.6 Å². The van der Waals surface area contributed by atoms with Crippen molar-refractivity contribution < 1.29 is 0 Å². The second-order valence-electron chi connectivity index (χ2n) is 5.90. The van der Waals surface area contributed by atoms with Crippen LogP contribution in [0.4, 0.5) is 0 Å². The maximum Gasteiger partial charge on any atom is 0.250 e. The van der Waals surface area contributed by atoms with Gasteiger partial charge in [0.05, 0.1) is 0 Å². The zero-order valence-corrected chi connectivity index (χ0v) is 15.5. The molecule has 0 aliphatic rings. The lowest BCUT2D eigenvalue weighted by Crippen LogP contribution is -2.38. The van der Waals surface area contributed by atoms with Gasteiger partial charge in [-0.15, -0.1) is 0 Å². The first kappa shape index (κ1) is 19.1. The Bertz CT molecular complexity index is 740. The minimum atomic E-state index is 0.0500. The maximum atomic E-state index is 11.6. The van der Waals surface area contributed by atoms with E-state index < -0.39 is 0 Å². The van der Waals surface area contributed by atoms with Crippen LogP contribution in [0.1, 0.15) is 18.4 Å². The summed E-state index contributed by atoms with van der Waals surface area (Å²) >= 11 is 5.92. The van der Waals surface area contributed by atoms with E-state index in [1.807, 2.05) is 43.6 Å². The largest absolute Gasteiger partial charge is 0.356 e. The highest BCUT2D eigenvalue weighted by Crippen LogP contribution is 2.11. The summed E-state index contributed by atoms with van der Waals surface area (Å²) in [6.07, 6.45) is 3.73. The first-order valence-corrected chi connectivity index (χ1v) is 8.79. The third-order valence-electron chi connectivity index (χ3n) is 3.91. The van der Waals surface area contributed by atoms with Gasteiger partial charge in [-0.3, -0.25) is 9.79 Å². The summed E-state index contributed by atoms with van der Waals surface area (Å²) in [5.74, 6) is 0.854. The van der Waals surface area contributed by atoms with Crippen molar-refractivity contribution in [2.45, 2.75) is 25.9 Å². The molecule has 6 heteroatoms. The van der Waals surface area contributed by atoms with Gasteiger partial charge in [-0.25, -0.2) is 0 Å². The Labute approximate surface area is 154 Å². The molecular formula is C19H25ClN4O. The highest BCUT2D eigenvalue weighted by atomic mass is 35.5. The van der Waals surface area contributed by atoms with E-state index in [1.165, 1.54) is 5.56 Å². The average Bonchev–Trinajstić information content (AvgIpc) is 2.61. The van der Waals surface area contributed by atoms with Crippen LogP contribution in [0.2, 0.25) is 5.02 Å². The van der Waals surface area contributed by atoms with Gasteiger partial charge in [0.25, 0.3) is 0 Å². The van der Waals surface area contributed by atoms with Gasteiger partial charge in [0.2, 0.25) is 5.56 Å². The lowest BCUT2D eigenvalue weighted by Gasteiger charge is -2.22. The molecule has 2 rings (SSSR count). The topological polar surface area (TPSA) is 49.6 Å². The van der Waals surface area contributed by atoms with Gasteiger partial charge in [0.15, 0.2) is 5.96 Å². The molecule has 5 nitrogen and oxygen atoms in total. The normalized spacial score (nSPS) is 11.4. The van der Waals surface area contributed by atoms with Crippen molar-refractivity contribution >= 4 is 17.6 Å². The van der Waals surface area contributed by atoms with Crippen molar-refractivity contribution in [1.29, 1.82) is 0 Å². The van der Waals surface area contributed by atoms with Gasteiger partial charge in [-0.05, 0) is 36.6 Å². The van der Waals surface area contributed by atoms with Gasteiger partial charge in [0, 0.05) is 51.0 Å². The Morgan fingerprint density at radius 1 is 1.20 bits per heavy atom. The second kappa shape index (κ2) is 9.89. The monoisotopic (exact) mass is 360 g/mol. The summed E-state index contributed by atoms with van der Waals surface area (Å²) in [7, 11) is 3.79. The number of hydrogen-bond donors (Lipinski definition) is 1. The maximum absolute atomic E-state index is 11.6. The summed E-state index contributed by atoms with van der Waals surface area (Å²) in [6, 6.07) is 13.1. The van der Waals surface area contributed by atoms with E-state index in [4.69, 9.17) is 11.6 Å². The Hall–Kier alpha value is -2.27. The zero-order valence-electron chi connectivity index (χ0n) is 14.8. The lowest BCUT2D eigenvalue weighted by molar-refractivity contribution is 0.473. The van der Waals surface area contributed by atoms with Crippen molar-refractivity contribution in [3.8, 4) is 0 Å². The van der Waals surface area contributed by atoms with E-state index in [0.717, 1.165) is 43.5 Å². The molecule has 0 amide bonds. The fourth-order valence-corrected chi connectivity index (χ4v) is 2.70. The summed E-state index contributed by atoms with van der Waals surface area (Å²) in [5, 5.41) is 4.11. The number of unbranched alkanes of at least 4 members (excludes halogenated alkanes) is 1. The molecule has 2 aromatic rings. The number of guanidine groups is 1. The van der Waals surface area contributed by atoms with Gasteiger partial charge in [0.1, 0.15) is 0 Å². The third-order valence-corrected chi connectivity index (χ3v) is 4.17. The summed E-state index contributed by atoms with van der Waals surface area (Å²) in [5.41, 5.74) is 1.23. The van der Waals surface area contributed by atoms with E-state index in [0.29, 0.717) is 0 Å². The van der Waals surface area contributed by atoms with E-state index in [1.54, 1.807) is 23.7 Å². The van der Waals surface area contributed by atoms with Crippen LogP contribution in [-0.4, -0.2) is 36.1 Å². The molecule has 1 aromatic carbocycles. The van der Waals surface area contributed by atoms with Gasteiger partial charge >= 0.3 is 0 Å². The number of pyridine rings is 1.